The molecule has 0 bridgehead atoms. The largest absolute Gasteiger partial charge is 0.311 e. The van der Waals surface area contributed by atoms with Crippen molar-refractivity contribution in [2.45, 2.75) is 12.8 Å². The molecule has 1 amide bonds. The summed E-state index contributed by atoms with van der Waals surface area (Å²) in [5.41, 5.74) is 2.58. The van der Waals surface area contributed by atoms with Crippen LogP contribution in [0, 0.1) is 5.92 Å². The van der Waals surface area contributed by atoms with Gasteiger partial charge in [0.15, 0.2) is 0 Å². The first-order chi connectivity index (χ1) is 7.48. The van der Waals surface area contributed by atoms with Crippen molar-refractivity contribution in [3.05, 3.63) is 24.2 Å². The number of nitrogens with one attached hydrogen (secondary N) is 2. The van der Waals surface area contributed by atoms with E-state index in [1.165, 1.54) is 6.20 Å². The highest BCUT2D eigenvalue weighted by Crippen LogP contribution is 2.29. The third-order valence-electron chi connectivity index (χ3n) is 1.99. The lowest BCUT2D eigenvalue weighted by Gasteiger charge is -2.24. The fraction of sp³-hybridized carbons (Fsp3) is 0.444. The van der Waals surface area contributed by atoms with Gasteiger partial charge in [0.1, 0.15) is 5.82 Å². The number of hydrogen-bond acceptors (Lipinski definition) is 3. The van der Waals surface area contributed by atoms with Crippen LogP contribution in [0.1, 0.15) is 17.0 Å². The van der Waals surface area contributed by atoms with E-state index in [-0.39, 0.29) is 17.6 Å². The maximum absolute atomic E-state index is 11.5. The summed E-state index contributed by atoms with van der Waals surface area (Å²) in [6.07, 6.45) is 6.47. The normalized spacial score (nSPS) is 25.1. The Bertz CT molecular complexity index is 358. The number of carbonyl (C=O) groups is 1. The summed E-state index contributed by atoms with van der Waals surface area (Å²) < 4.78 is 21.9. The van der Waals surface area contributed by atoms with Crippen LogP contribution in [0.25, 0.3) is 0 Å². The molecule has 0 aromatic carbocycles. The van der Waals surface area contributed by atoms with Crippen LogP contribution < -0.4 is 10.7 Å². The van der Waals surface area contributed by atoms with Gasteiger partial charge < -0.3 is 10.7 Å². The molecule has 0 atom stereocenters. The second-order valence-corrected chi connectivity index (χ2v) is 3.14. The molecule has 13 heavy (non-hydrogen) atoms. The van der Waals surface area contributed by atoms with Gasteiger partial charge in [-0.1, -0.05) is 0 Å². The lowest BCUT2D eigenvalue weighted by Crippen LogP contribution is -2.40. The Balaban J connectivity index is 2.06. The molecule has 2 rings (SSSR count). The Kier molecular flexibility index (Phi) is 1.28. The van der Waals surface area contributed by atoms with E-state index in [2.05, 4.69) is 10.7 Å². The topological polar surface area (TPSA) is 44.4 Å². The summed E-state index contributed by atoms with van der Waals surface area (Å²) in [4.78, 5) is 11.5. The maximum Gasteiger partial charge on any atom is 0.228 e. The van der Waals surface area contributed by atoms with Crippen molar-refractivity contribution in [3.63, 3.8) is 0 Å². The molecule has 0 spiro atoms. The zero-order chi connectivity index (χ0) is 11.8. The molecule has 2 aliphatic rings. The minimum atomic E-state index is -2.33. The molecule has 1 saturated carbocycles. The SMILES string of the molecule is [2H]C([2H])([2H])N1NC=CC=C1NC(=O)C1CC1. The molecule has 1 heterocycles. The van der Waals surface area contributed by atoms with E-state index in [0.29, 0.717) is 0 Å². The van der Waals surface area contributed by atoms with Gasteiger partial charge in [-0.15, -0.1) is 0 Å². The highest BCUT2D eigenvalue weighted by atomic mass is 16.2. The first kappa shape index (κ1) is 5.32. The average Bonchev–Trinajstić information content (AvgIpc) is 2.99. The summed E-state index contributed by atoms with van der Waals surface area (Å²) in [6.45, 7) is -2.33. The molecular weight excluding hydrogens is 166 g/mol. The van der Waals surface area contributed by atoms with Gasteiger partial charge >= 0.3 is 0 Å². The van der Waals surface area contributed by atoms with E-state index < -0.39 is 6.98 Å². The van der Waals surface area contributed by atoms with Crippen LogP contribution in [0.4, 0.5) is 0 Å². The minimum absolute atomic E-state index is 0.0465. The summed E-state index contributed by atoms with van der Waals surface area (Å²) in [6, 6.07) is 0. The van der Waals surface area contributed by atoms with Crippen molar-refractivity contribution < 1.29 is 8.91 Å². The summed E-state index contributed by atoms with van der Waals surface area (Å²) >= 11 is 0. The van der Waals surface area contributed by atoms with Crippen molar-refractivity contribution in [1.29, 1.82) is 0 Å². The van der Waals surface area contributed by atoms with Crippen molar-refractivity contribution in [2.24, 2.45) is 5.92 Å². The summed E-state index contributed by atoms with van der Waals surface area (Å²) in [7, 11) is 0. The molecule has 1 aliphatic heterocycles. The first-order valence-corrected chi connectivity index (χ1v) is 4.22. The second-order valence-electron chi connectivity index (χ2n) is 3.14. The number of nitrogens with zero attached hydrogens (tertiary/aromatic N) is 1. The van der Waals surface area contributed by atoms with Crippen LogP contribution in [-0.2, 0) is 4.79 Å². The lowest BCUT2D eigenvalue weighted by molar-refractivity contribution is -0.122. The van der Waals surface area contributed by atoms with E-state index in [4.69, 9.17) is 4.11 Å². The number of hydrazine groups is 1. The zero-order valence-corrected chi connectivity index (χ0v) is 7.08. The van der Waals surface area contributed by atoms with E-state index in [0.717, 1.165) is 17.9 Å². The van der Waals surface area contributed by atoms with Gasteiger partial charge in [-0.3, -0.25) is 9.80 Å². The van der Waals surface area contributed by atoms with Gasteiger partial charge in [0, 0.05) is 23.2 Å². The first-order valence-electron chi connectivity index (χ1n) is 5.72. The zero-order valence-electron chi connectivity index (χ0n) is 10.1. The molecule has 0 radical (unpaired) electrons. The summed E-state index contributed by atoms with van der Waals surface area (Å²) in [5.74, 6) is 0.197. The van der Waals surface area contributed by atoms with Crippen LogP contribution in [0.3, 0.4) is 0 Å². The number of allylic oxidation sites excluding steroid dienone is 2. The van der Waals surface area contributed by atoms with Crippen molar-refractivity contribution >= 4 is 5.91 Å². The van der Waals surface area contributed by atoms with Crippen LogP contribution in [0.2, 0.25) is 0 Å². The fourth-order valence-corrected chi connectivity index (χ4v) is 1.07. The van der Waals surface area contributed by atoms with Gasteiger partial charge in [-0.2, -0.15) is 0 Å². The molecule has 0 unspecified atom stereocenters. The van der Waals surface area contributed by atoms with Gasteiger partial charge in [-0.25, -0.2) is 0 Å². The Morgan fingerprint density at radius 3 is 3.38 bits per heavy atom. The third kappa shape index (κ3) is 1.83. The van der Waals surface area contributed by atoms with Crippen LogP contribution >= 0.6 is 0 Å². The van der Waals surface area contributed by atoms with Crippen LogP contribution in [-0.4, -0.2) is 17.9 Å². The van der Waals surface area contributed by atoms with Gasteiger partial charge in [0.05, 0.1) is 0 Å². The Morgan fingerprint density at radius 1 is 1.85 bits per heavy atom. The Hall–Kier alpha value is -1.45. The Labute approximate surface area is 81.5 Å². The molecule has 0 aromatic rings. The predicted molar refractivity (Wildman–Crippen MR) is 49.0 cm³/mol. The van der Waals surface area contributed by atoms with Crippen molar-refractivity contribution in [2.75, 3.05) is 6.98 Å². The molecule has 0 saturated heterocycles. The van der Waals surface area contributed by atoms with E-state index in [1.54, 1.807) is 12.2 Å². The smallest absolute Gasteiger partial charge is 0.228 e. The van der Waals surface area contributed by atoms with E-state index in [9.17, 15) is 4.79 Å². The van der Waals surface area contributed by atoms with Gasteiger partial charge in [0.2, 0.25) is 5.91 Å². The predicted octanol–water partition coefficient (Wildman–Crippen LogP) is 0.318. The van der Waals surface area contributed by atoms with Crippen LogP contribution in [0.5, 0.6) is 0 Å². The highest BCUT2D eigenvalue weighted by molar-refractivity contribution is 5.82. The van der Waals surface area contributed by atoms with Gasteiger partial charge in [-0.05, 0) is 25.0 Å². The molecule has 2 N–H and O–H groups in total. The molecule has 1 fully saturated rings. The van der Waals surface area contributed by atoms with E-state index >= 15 is 0 Å². The van der Waals surface area contributed by atoms with Gasteiger partial charge in [0.25, 0.3) is 0 Å². The third-order valence-corrected chi connectivity index (χ3v) is 1.99. The Morgan fingerprint density at radius 2 is 2.69 bits per heavy atom. The quantitative estimate of drug-likeness (QED) is 0.646. The monoisotopic (exact) mass is 182 g/mol. The average molecular weight is 182 g/mol. The molecule has 4 nitrogen and oxygen atoms in total. The maximum atomic E-state index is 11.5. The van der Waals surface area contributed by atoms with Crippen molar-refractivity contribution in [1.82, 2.24) is 15.8 Å². The fourth-order valence-electron chi connectivity index (χ4n) is 1.07. The number of hydrogen-bond donors (Lipinski definition) is 2. The van der Waals surface area contributed by atoms with E-state index in [1.807, 2.05) is 0 Å². The number of amides is 1. The standard InChI is InChI=1S/C9H13N3O/c1-12-8(3-2-6-10-12)11-9(13)7-4-5-7/h2-3,6-7,10H,4-5H2,1H3,(H,11,13)/i1D3. The second kappa shape index (κ2) is 3.12. The summed E-state index contributed by atoms with van der Waals surface area (Å²) in [5, 5.41) is 3.58. The molecular formula is C9H13N3O. The molecule has 70 valence electrons. The lowest BCUT2D eigenvalue weighted by atomic mass is 10.4. The number of rotatable bonds is 2. The molecule has 1 aliphatic carbocycles. The molecule has 4 heteroatoms. The van der Waals surface area contributed by atoms with Crippen LogP contribution in [0.15, 0.2) is 24.2 Å². The molecule has 0 aromatic heterocycles. The minimum Gasteiger partial charge on any atom is -0.311 e. The van der Waals surface area contributed by atoms with Crippen molar-refractivity contribution in [3.8, 4) is 0 Å². The number of carbonyl (C=O) groups excluding carboxylic acids is 1. The highest BCUT2D eigenvalue weighted by Gasteiger charge is 2.30.